The Kier molecular flexibility index (Phi) is 5.59. The molecule has 3 nitrogen and oxygen atoms in total. The van der Waals surface area contributed by atoms with Gasteiger partial charge in [0.05, 0.1) is 12.0 Å². The highest BCUT2D eigenvalue weighted by Crippen LogP contribution is 2.29. The van der Waals surface area contributed by atoms with Crippen molar-refractivity contribution in [3.8, 4) is 11.5 Å². The molecule has 0 unspecified atom stereocenters. The lowest BCUT2D eigenvalue weighted by atomic mass is 10.2. The maximum absolute atomic E-state index is 12.1. The summed E-state index contributed by atoms with van der Waals surface area (Å²) in [6.45, 7) is 1.94. The van der Waals surface area contributed by atoms with E-state index in [4.69, 9.17) is 9.47 Å². The van der Waals surface area contributed by atoms with E-state index < -0.39 is 0 Å². The van der Waals surface area contributed by atoms with Gasteiger partial charge in [0, 0.05) is 4.47 Å². The lowest BCUT2D eigenvalue weighted by molar-refractivity contribution is 0.0923. The summed E-state index contributed by atoms with van der Waals surface area (Å²) in [7, 11) is 1.58. The molecule has 21 heavy (non-hydrogen) atoms. The zero-order valence-corrected chi connectivity index (χ0v) is 14.2. The largest absolute Gasteiger partial charge is 0.493 e. The molecule has 1 heterocycles. The van der Waals surface area contributed by atoms with Gasteiger partial charge >= 0.3 is 0 Å². The van der Waals surface area contributed by atoms with Crippen molar-refractivity contribution in [1.29, 1.82) is 0 Å². The molecular weight excluding hydrogens is 352 g/mol. The van der Waals surface area contributed by atoms with Gasteiger partial charge in [0.15, 0.2) is 18.1 Å². The number of methoxy groups -OCH3 is 1. The van der Waals surface area contributed by atoms with Crippen LogP contribution in [0.25, 0.3) is 6.08 Å². The number of carbonyl (C=O) groups is 1. The van der Waals surface area contributed by atoms with Crippen molar-refractivity contribution in [1.82, 2.24) is 0 Å². The Morgan fingerprint density at radius 1 is 1.33 bits per heavy atom. The number of allylic oxidation sites excluding steroid dienone is 1. The van der Waals surface area contributed by atoms with E-state index >= 15 is 0 Å². The van der Waals surface area contributed by atoms with Gasteiger partial charge < -0.3 is 9.47 Å². The Hall–Kier alpha value is -1.59. The molecule has 0 aliphatic carbocycles. The second kappa shape index (κ2) is 7.43. The fraction of sp³-hybridized carbons (Fsp3) is 0.188. The van der Waals surface area contributed by atoms with Crippen LogP contribution in [0.2, 0.25) is 0 Å². The first-order valence-corrected chi connectivity index (χ1v) is 8.02. The van der Waals surface area contributed by atoms with Crippen LogP contribution in [-0.4, -0.2) is 19.5 Å². The van der Waals surface area contributed by atoms with E-state index in [0.29, 0.717) is 16.4 Å². The molecule has 2 aromatic rings. The third-order valence-corrected chi connectivity index (χ3v) is 4.65. The quantitative estimate of drug-likeness (QED) is 0.687. The first-order chi connectivity index (χ1) is 10.2. The van der Waals surface area contributed by atoms with Crippen LogP contribution >= 0.6 is 27.3 Å². The molecule has 5 heteroatoms. The molecule has 0 spiro atoms. The van der Waals surface area contributed by atoms with Gasteiger partial charge in [-0.2, -0.15) is 0 Å². The van der Waals surface area contributed by atoms with Crippen molar-refractivity contribution in [3.05, 3.63) is 50.6 Å². The molecule has 0 N–H and O–H groups in total. The molecule has 1 aromatic carbocycles. The minimum Gasteiger partial charge on any atom is -0.493 e. The van der Waals surface area contributed by atoms with Gasteiger partial charge in [-0.3, -0.25) is 4.79 Å². The predicted octanol–water partition coefficient (Wildman–Crippen LogP) is 4.81. The highest BCUT2D eigenvalue weighted by Gasteiger charge is 2.13. The Balaban J connectivity index is 2.09. The SMILES string of the molecule is CC=Cc1ccc(OCC(=O)c2sccc2Br)c(OC)c1. The van der Waals surface area contributed by atoms with Crippen LogP contribution < -0.4 is 9.47 Å². The fourth-order valence-corrected chi connectivity index (χ4v) is 3.32. The van der Waals surface area contributed by atoms with Crippen molar-refractivity contribution < 1.29 is 14.3 Å². The maximum Gasteiger partial charge on any atom is 0.211 e. The molecule has 2 rings (SSSR count). The number of hydrogen-bond donors (Lipinski definition) is 0. The van der Waals surface area contributed by atoms with E-state index in [1.54, 1.807) is 7.11 Å². The summed E-state index contributed by atoms with van der Waals surface area (Å²) >= 11 is 4.74. The number of benzene rings is 1. The summed E-state index contributed by atoms with van der Waals surface area (Å²) in [6, 6.07) is 7.46. The number of carbonyl (C=O) groups excluding carboxylic acids is 1. The zero-order chi connectivity index (χ0) is 15.2. The lowest BCUT2D eigenvalue weighted by Gasteiger charge is -2.10. The number of thiophene rings is 1. The standard InChI is InChI=1S/C16H15BrO3S/c1-3-4-11-5-6-14(15(9-11)19-2)20-10-13(18)16-12(17)7-8-21-16/h3-9H,10H2,1-2H3. The fourth-order valence-electron chi connectivity index (χ4n) is 1.80. The molecule has 0 saturated carbocycles. The van der Waals surface area contributed by atoms with Crippen molar-refractivity contribution in [2.75, 3.05) is 13.7 Å². The van der Waals surface area contributed by atoms with Crippen LogP contribution in [0.15, 0.2) is 40.2 Å². The minimum absolute atomic E-state index is 0.0154. The van der Waals surface area contributed by atoms with Crippen LogP contribution in [-0.2, 0) is 0 Å². The Bertz CT molecular complexity index is 661. The van der Waals surface area contributed by atoms with Crippen LogP contribution in [0.4, 0.5) is 0 Å². The molecule has 0 bridgehead atoms. The Labute approximate surface area is 136 Å². The molecule has 1 aromatic heterocycles. The summed E-state index contributed by atoms with van der Waals surface area (Å²) in [5.74, 6) is 1.12. The summed E-state index contributed by atoms with van der Waals surface area (Å²) in [4.78, 5) is 12.7. The second-order valence-corrected chi connectivity index (χ2v) is 5.99. The van der Waals surface area contributed by atoms with Gasteiger partial charge in [-0.05, 0) is 52.0 Å². The molecule has 110 valence electrons. The number of rotatable bonds is 6. The number of ether oxygens (including phenoxy) is 2. The summed E-state index contributed by atoms with van der Waals surface area (Å²) in [5, 5.41) is 1.86. The van der Waals surface area contributed by atoms with E-state index in [-0.39, 0.29) is 12.4 Å². The number of Topliss-reactive ketones (excluding diaryl/α,β-unsaturated/α-hetero) is 1. The minimum atomic E-state index is -0.0588. The number of hydrogen-bond acceptors (Lipinski definition) is 4. The first-order valence-electron chi connectivity index (χ1n) is 6.35. The molecule has 0 saturated heterocycles. The third kappa shape index (κ3) is 3.95. The lowest BCUT2D eigenvalue weighted by Crippen LogP contribution is -2.11. The molecule has 0 fully saturated rings. The van der Waals surface area contributed by atoms with E-state index in [1.807, 2.05) is 48.7 Å². The average molecular weight is 367 g/mol. The molecule has 0 aliphatic heterocycles. The molecule has 0 radical (unpaired) electrons. The highest BCUT2D eigenvalue weighted by atomic mass is 79.9. The average Bonchev–Trinajstić information content (AvgIpc) is 2.92. The number of halogens is 1. The normalized spacial score (nSPS) is 10.8. The van der Waals surface area contributed by atoms with E-state index in [9.17, 15) is 4.79 Å². The van der Waals surface area contributed by atoms with Gasteiger partial charge in [0.2, 0.25) is 5.78 Å². The molecule has 0 atom stereocenters. The molecule has 0 aliphatic rings. The van der Waals surface area contributed by atoms with Gasteiger partial charge in [0.25, 0.3) is 0 Å². The van der Waals surface area contributed by atoms with E-state index in [2.05, 4.69) is 15.9 Å². The van der Waals surface area contributed by atoms with Crippen LogP contribution in [0.3, 0.4) is 0 Å². The van der Waals surface area contributed by atoms with Crippen LogP contribution in [0.1, 0.15) is 22.2 Å². The third-order valence-electron chi connectivity index (χ3n) is 2.78. The van der Waals surface area contributed by atoms with Crippen LogP contribution in [0, 0.1) is 0 Å². The highest BCUT2D eigenvalue weighted by molar-refractivity contribution is 9.10. The zero-order valence-electron chi connectivity index (χ0n) is 11.8. The summed E-state index contributed by atoms with van der Waals surface area (Å²) in [5.41, 5.74) is 1.02. The van der Waals surface area contributed by atoms with Crippen molar-refractivity contribution in [3.63, 3.8) is 0 Å². The van der Waals surface area contributed by atoms with E-state index in [0.717, 1.165) is 10.0 Å². The Morgan fingerprint density at radius 2 is 2.14 bits per heavy atom. The van der Waals surface area contributed by atoms with Crippen molar-refractivity contribution >= 4 is 39.1 Å². The maximum atomic E-state index is 12.1. The van der Waals surface area contributed by atoms with Crippen molar-refractivity contribution in [2.24, 2.45) is 0 Å². The Morgan fingerprint density at radius 3 is 2.76 bits per heavy atom. The predicted molar refractivity (Wildman–Crippen MR) is 89.5 cm³/mol. The summed E-state index contributed by atoms with van der Waals surface area (Å²) < 4.78 is 11.7. The molecular formula is C16H15BrO3S. The van der Waals surface area contributed by atoms with Crippen LogP contribution in [0.5, 0.6) is 11.5 Å². The van der Waals surface area contributed by atoms with Gasteiger partial charge in [0.1, 0.15) is 0 Å². The molecule has 0 amide bonds. The smallest absolute Gasteiger partial charge is 0.211 e. The monoisotopic (exact) mass is 366 g/mol. The van der Waals surface area contributed by atoms with Crippen molar-refractivity contribution in [2.45, 2.75) is 6.92 Å². The summed E-state index contributed by atoms with van der Waals surface area (Å²) in [6.07, 6.45) is 3.92. The van der Waals surface area contributed by atoms with Gasteiger partial charge in [-0.15, -0.1) is 11.3 Å². The van der Waals surface area contributed by atoms with Gasteiger partial charge in [-0.1, -0.05) is 18.2 Å². The second-order valence-electron chi connectivity index (χ2n) is 4.22. The topological polar surface area (TPSA) is 35.5 Å². The van der Waals surface area contributed by atoms with Gasteiger partial charge in [-0.25, -0.2) is 0 Å². The van der Waals surface area contributed by atoms with E-state index in [1.165, 1.54) is 11.3 Å². The number of ketones is 1. The first kappa shape index (κ1) is 15.8.